The third-order valence-corrected chi connectivity index (χ3v) is 4.75. The van der Waals surface area contributed by atoms with Gasteiger partial charge < -0.3 is 15.0 Å². The lowest BCUT2D eigenvalue weighted by Crippen LogP contribution is -2.48. The standard InChI is InChI=1S/C17H21F3N2O2/c1-11(24-15-5-3-2-4-14(15)17(18,19)20)16(23)22-12-6-7-13(22)10-21-9-8-12/h2-5,11-13,21H,6-10H2,1H3. The topological polar surface area (TPSA) is 41.6 Å². The summed E-state index contributed by atoms with van der Waals surface area (Å²) < 4.78 is 44.6. The van der Waals surface area contributed by atoms with Crippen molar-refractivity contribution in [2.75, 3.05) is 13.1 Å². The first-order valence-corrected chi connectivity index (χ1v) is 8.23. The molecule has 0 aliphatic carbocycles. The first-order valence-electron chi connectivity index (χ1n) is 8.23. The number of alkyl halides is 3. The van der Waals surface area contributed by atoms with Gasteiger partial charge in [-0.3, -0.25) is 4.79 Å². The minimum Gasteiger partial charge on any atom is -0.480 e. The Bertz CT molecular complexity index is 592. The van der Waals surface area contributed by atoms with E-state index in [1.54, 1.807) is 0 Å². The summed E-state index contributed by atoms with van der Waals surface area (Å²) in [6.45, 7) is 3.11. The Labute approximate surface area is 139 Å². The number of rotatable bonds is 3. The van der Waals surface area contributed by atoms with Crippen molar-refractivity contribution >= 4 is 5.91 Å². The number of hydrogen-bond acceptors (Lipinski definition) is 3. The zero-order valence-electron chi connectivity index (χ0n) is 13.5. The molecule has 0 radical (unpaired) electrons. The van der Waals surface area contributed by atoms with Crippen LogP contribution in [0.4, 0.5) is 13.2 Å². The van der Waals surface area contributed by atoms with Crippen LogP contribution in [0.15, 0.2) is 24.3 Å². The summed E-state index contributed by atoms with van der Waals surface area (Å²) in [5, 5.41) is 3.30. The molecule has 0 saturated carbocycles. The SMILES string of the molecule is CC(Oc1ccccc1C(F)(F)F)C(=O)N1C2CCNCC1CC2. The molecule has 2 aliphatic heterocycles. The van der Waals surface area contributed by atoms with E-state index in [1.807, 2.05) is 4.90 Å². The monoisotopic (exact) mass is 342 g/mol. The van der Waals surface area contributed by atoms with E-state index in [9.17, 15) is 18.0 Å². The van der Waals surface area contributed by atoms with Gasteiger partial charge in [-0.15, -0.1) is 0 Å². The van der Waals surface area contributed by atoms with Gasteiger partial charge in [0.15, 0.2) is 6.10 Å². The van der Waals surface area contributed by atoms with Crippen molar-refractivity contribution in [3.05, 3.63) is 29.8 Å². The molecule has 3 atom stereocenters. The van der Waals surface area contributed by atoms with Crippen LogP contribution >= 0.6 is 0 Å². The molecule has 24 heavy (non-hydrogen) atoms. The number of hydrogen-bond donors (Lipinski definition) is 1. The van der Waals surface area contributed by atoms with Gasteiger partial charge in [-0.25, -0.2) is 0 Å². The number of halogens is 3. The number of nitrogens with zero attached hydrogens (tertiary/aromatic N) is 1. The molecule has 2 aliphatic rings. The smallest absolute Gasteiger partial charge is 0.419 e. The van der Waals surface area contributed by atoms with Crippen LogP contribution in [-0.2, 0) is 11.0 Å². The molecule has 3 rings (SSSR count). The van der Waals surface area contributed by atoms with Gasteiger partial charge in [-0.2, -0.15) is 13.2 Å². The average molecular weight is 342 g/mol. The lowest BCUT2D eigenvalue weighted by molar-refractivity contribution is -0.145. The highest BCUT2D eigenvalue weighted by Gasteiger charge is 2.41. The Morgan fingerprint density at radius 3 is 2.71 bits per heavy atom. The first-order chi connectivity index (χ1) is 11.4. The molecule has 132 valence electrons. The largest absolute Gasteiger partial charge is 0.480 e. The summed E-state index contributed by atoms with van der Waals surface area (Å²) in [4.78, 5) is 14.6. The summed E-state index contributed by atoms with van der Waals surface area (Å²) in [5.41, 5.74) is -0.856. The predicted octanol–water partition coefficient (Wildman–Crippen LogP) is 2.83. The molecule has 2 bridgehead atoms. The molecule has 1 aromatic rings. The molecule has 0 aromatic heterocycles. The van der Waals surface area contributed by atoms with E-state index in [0.717, 1.165) is 38.4 Å². The van der Waals surface area contributed by atoms with Crippen LogP contribution in [0.25, 0.3) is 0 Å². The third kappa shape index (κ3) is 3.36. The van der Waals surface area contributed by atoms with Crippen LogP contribution in [0.5, 0.6) is 5.75 Å². The number of fused-ring (bicyclic) bond motifs is 2. The van der Waals surface area contributed by atoms with Crippen molar-refractivity contribution in [2.45, 2.75) is 50.6 Å². The molecule has 1 amide bonds. The predicted molar refractivity (Wildman–Crippen MR) is 82.7 cm³/mol. The van der Waals surface area contributed by atoms with Crippen molar-refractivity contribution in [1.29, 1.82) is 0 Å². The van der Waals surface area contributed by atoms with Crippen LogP contribution in [0.3, 0.4) is 0 Å². The molecule has 4 nitrogen and oxygen atoms in total. The van der Waals surface area contributed by atoms with Crippen LogP contribution < -0.4 is 10.1 Å². The van der Waals surface area contributed by atoms with E-state index in [0.29, 0.717) is 0 Å². The number of para-hydroxylation sites is 1. The highest BCUT2D eigenvalue weighted by molar-refractivity contribution is 5.82. The lowest BCUT2D eigenvalue weighted by Gasteiger charge is -2.30. The normalized spacial score (nSPS) is 25.2. The minimum atomic E-state index is -4.51. The van der Waals surface area contributed by atoms with Crippen molar-refractivity contribution in [2.24, 2.45) is 0 Å². The summed E-state index contributed by atoms with van der Waals surface area (Å²) in [6.07, 6.45) is -2.72. The molecule has 1 aromatic carbocycles. The first kappa shape index (κ1) is 17.1. The second kappa shape index (κ2) is 6.63. The summed E-state index contributed by atoms with van der Waals surface area (Å²) in [6, 6.07) is 5.26. The number of ether oxygens (including phenoxy) is 1. The highest BCUT2D eigenvalue weighted by atomic mass is 19.4. The fourth-order valence-electron chi connectivity index (χ4n) is 3.60. The number of nitrogens with one attached hydrogen (secondary N) is 1. The summed E-state index contributed by atoms with van der Waals surface area (Å²) in [7, 11) is 0. The van der Waals surface area contributed by atoms with E-state index in [-0.39, 0.29) is 23.7 Å². The van der Waals surface area contributed by atoms with Crippen molar-refractivity contribution in [3.8, 4) is 5.75 Å². The van der Waals surface area contributed by atoms with Gasteiger partial charge in [0.05, 0.1) is 5.56 Å². The van der Waals surface area contributed by atoms with Gasteiger partial charge in [0.2, 0.25) is 0 Å². The molecule has 2 fully saturated rings. The van der Waals surface area contributed by atoms with Gasteiger partial charge in [-0.1, -0.05) is 12.1 Å². The second-order valence-electron chi connectivity index (χ2n) is 6.38. The quantitative estimate of drug-likeness (QED) is 0.918. The molecular weight excluding hydrogens is 321 g/mol. The second-order valence-corrected chi connectivity index (χ2v) is 6.38. The maximum absolute atomic E-state index is 13.1. The van der Waals surface area contributed by atoms with E-state index in [1.165, 1.54) is 25.1 Å². The minimum absolute atomic E-state index is 0.105. The maximum atomic E-state index is 13.1. The Morgan fingerprint density at radius 1 is 1.25 bits per heavy atom. The van der Waals surface area contributed by atoms with Gasteiger partial charge in [0.1, 0.15) is 5.75 Å². The lowest BCUT2D eigenvalue weighted by atomic mass is 10.1. The summed E-state index contributed by atoms with van der Waals surface area (Å²) >= 11 is 0. The molecule has 2 heterocycles. The molecule has 1 N–H and O–H groups in total. The van der Waals surface area contributed by atoms with Gasteiger partial charge in [0.25, 0.3) is 5.91 Å². The molecular formula is C17H21F3N2O2. The van der Waals surface area contributed by atoms with Crippen LogP contribution in [-0.4, -0.2) is 42.1 Å². The van der Waals surface area contributed by atoms with Gasteiger partial charge >= 0.3 is 6.18 Å². The van der Waals surface area contributed by atoms with Crippen molar-refractivity contribution in [1.82, 2.24) is 10.2 Å². The fourth-order valence-corrected chi connectivity index (χ4v) is 3.60. The molecule has 2 saturated heterocycles. The van der Waals surface area contributed by atoms with E-state index >= 15 is 0 Å². The van der Waals surface area contributed by atoms with Crippen molar-refractivity contribution in [3.63, 3.8) is 0 Å². The molecule has 3 unspecified atom stereocenters. The fraction of sp³-hybridized carbons (Fsp3) is 0.588. The zero-order chi connectivity index (χ0) is 17.3. The number of carbonyl (C=O) groups is 1. The van der Waals surface area contributed by atoms with Gasteiger partial charge in [0, 0.05) is 18.6 Å². The van der Waals surface area contributed by atoms with Gasteiger partial charge in [-0.05, 0) is 44.9 Å². The summed E-state index contributed by atoms with van der Waals surface area (Å²) in [5.74, 6) is -0.533. The van der Waals surface area contributed by atoms with E-state index in [4.69, 9.17) is 4.74 Å². The Balaban J connectivity index is 1.76. The molecule has 7 heteroatoms. The maximum Gasteiger partial charge on any atom is 0.419 e. The van der Waals surface area contributed by atoms with Crippen LogP contribution in [0.1, 0.15) is 31.7 Å². The van der Waals surface area contributed by atoms with E-state index in [2.05, 4.69) is 5.32 Å². The Morgan fingerprint density at radius 2 is 1.96 bits per heavy atom. The third-order valence-electron chi connectivity index (χ3n) is 4.75. The average Bonchev–Trinajstić information content (AvgIpc) is 2.79. The number of carbonyl (C=O) groups excluding carboxylic acids is 1. The Hall–Kier alpha value is -1.76. The zero-order valence-corrected chi connectivity index (χ0v) is 13.5. The Kier molecular flexibility index (Phi) is 4.71. The van der Waals surface area contributed by atoms with Crippen LogP contribution in [0.2, 0.25) is 0 Å². The van der Waals surface area contributed by atoms with Crippen molar-refractivity contribution < 1.29 is 22.7 Å². The van der Waals surface area contributed by atoms with Crippen LogP contribution in [0, 0.1) is 0 Å². The molecule has 0 spiro atoms. The number of benzene rings is 1. The highest BCUT2D eigenvalue weighted by Crippen LogP contribution is 2.37. The van der Waals surface area contributed by atoms with E-state index < -0.39 is 17.8 Å². The number of amides is 1.